The van der Waals surface area contributed by atoms with Crippen LogP contribution in [0.4, 0.5) is 13.2 Å². The molecular weight excluding hydrogens is 401 g/mol. The van der Waals surface area contributed by atoms with Crippen LogP contribution >= 0.6 is 0 Å². The van der Waals surface area contributed by atoms with Crippen molar-refractivity contribution in [3.8, 4) is 0 Å². The van der Waals surface area contributed by atoms with E-state index >= 15 is 0 Å². The van der Waals surface area contributed by atoms with Gasteiger partial charge < -0.3 is 9.80 Å². The topological polar surface area (TPSA) is 23.6 Å². The van der Waals surface area contributed by atoms with Crippen LogP contribution in [0.1, 0.15) is 47.1 Å². The molecule has 0 aromatic heterocycles. The first-order valence-electron chi connectivity index (χ1n) is 10.7. The molecular formula is C25H31F3N2O. The molecule has 1 aliphatic rings. The second kappa shape index (κ2) is 9.86. The number of amides is 1. The van der Waals surface area contributed by atoms with E-state index in [2.05, 4.69) is 11.9 Å². The average molecular weight is 433 g/mol. The summed E-state index contributed by atoms with van der Waals surface area (Å²) in [5, 5.41) is 0. The van der Waals surface area contributed by atoms with Crippen LogP contribution in [0.15, 0.2) is 36.4 Å². The Hall–Kier alpha value is -2.34. The van der Waals surface area contributed by atoms with E-state index < -0.39 is 13.3 Å². The van der Waals surface area contributed by atoms with Crippen LogP contribution in [0.3, 0.4) is 0 Å². The SMILES string of the molecule is Cc1cc(F)ccc1C1(CC(=O)N(C)Cc2cc(CF)cc(CF)c2)CCN(C)CC1. The second-order valence-electron chi connectivity index (χ2n) is 8.89. The minimum atomic E-state index is -0.668. The van der Waals surface area contributed by atoms with E-state index in [1.165, 1.54) is 18.2 Å². The molecule has 3 rings (SSSR count). The largest absolute Gasteiger partial charge is 0.341 e. The molecule has 0 atom stereocenters. The molecule has 2 aromatic rings. The van der Waals surface area contributed by atoms with E-state index in [0.717, 1.165) is 37.1 Å². The van der Waals surface area contributed by atoms with Gasteiger partial charge in [-0.1, -0.05) is 24.3 Å². The smallest absolute Gasteiger partial charge is 0.223 e. The maximum absolute atomic E-state index is 13.7. The van der Waals surface area contributed by atoms with Crippen LogP contribution in [-0.2, 0) is 30.1 Å². The zero-order valence-corrected chi connectivity index (χ0v) is 18.6. The van der Waals surface area contributed by atoms with Crippen molar-refractivity contribution in [1.29, 1.82) is 0 Å². The fraction of sp³-hybridized carbons (Fsp3) is 0.480. The fourth-order valence-corrected chi connectivity index (χ4v) is 4.68. The molecule has 0 aliphatic carbocycles. The first-order valence-corrected chi connectivity index (χ1v) is 10.7. The molecule has 1 fully saturated rings. The lowest BCUT2D eigenvalue weighted by molar-refractivity contribution is -0.132. The maximum Gasteiger partial charge on any atom is 0.223 e. The summed E-state index contributed by atoms with van der Waals surface area (Å²) in [6.07, 6.45) is 1.96. The number of aryl methyl sites for hydroxylation is 1. The van der Waals surface area contributed by atoms with Crippen LogP contribution in [0.25, 0.3) is 0 Å². The van der Waals surface area contributed by atoms with E-state index in [9.17, 15) is 18.0 Å². The number of rotatable bonds is 7. The standard InChI is InChI=1S/C25H31F3N2O/c1-18-10-22(28)4-5-23(18)25(6-8-29(2)9-7-25)14-24(31)30(3)17-21-12-19(15-26)11-20(13-21)16-27/h4-5,10-13H,6-9,14-17H2,1-3H3. The summed E-state index contributed by atoms with van der Waals surface area (Å²) >= 11 is 0. The van der Waals surface area contributed by atoms with E-state index in [4.69, 9.17) is 0 Å². The summed E-state index contributed by atoms with van der Waals surface area (Å²) < 4.78 is 40.0. The van der Waals surface area contributed by atoms with Gasteiger partial charge in [-0.2, -0.15) is 0 Å². The summed E-state index contributed by atoms with van der Waals surface area (Å²) in [5.74, 6) is -0.301. The number of hydrogen-bond donors (Lipinski definition) is 0. The minimum absolute atomic E-state index is 0.0271. The van der Waals surface area contributed by atoms with Crippen LogP contribution in [0.5, 0.6) is 0 Å². The van der Waals surface area contributed by atoms with Gasteiger partial charge in [-0.3, -0.25) is 4.79 Å². The quantitative estimate of drug-likeness (QED) is 0.609. The molecule has 0 N–H and O–H groups in total. The molecule has 6 heteroatoms. The van der Waals surface area contributed by atoms with Gasteiger partial charge in [0.2, 0.25) is 5.91 Å². The zero-order chi connectivity index (χ0) is 22.6. The molecule has 31 heavy (non-hydrogen) atoms. The molecule has 0 bridgehead atoms. The van der Waals surface area contributed by atoms with Gasteiger partial charge in [-0.05, 0) is 79.9 Å². The van der Waals surface area contributed by atoms with Gasteiger partial charge >= 0.3 is 0 Å². The molecule has 0 unspecified atom stereocenters. The Morgan fingerprint density at radius 1 is 1.03 bits per heavy atom. The number of hydrogen-bond acceptors (Lipinski definition) is 2. The van der Waals surface area contributed by atoms with E-state index in [1.54, 1.807) is 24.1 Å². The van der Waals surface area contributed by atoms with Crippen LogP contribution < -0.4 is 0 Å². The minimum Gasteiger partial charge on any atom is -0.341 e. The number of carbonyl (C=O) groups excluding carboxylic acids is 1. The zero-order valence-electron chi connectivity index (χ0n) is 18.6. The molecule has 168 valence electrons. The van der Waals surface area contributed by atoms with Gasteiger partial charge in [-0.25, -0.2) is 13.2 Å². The van der Waals surface area contributed by atoms with Gasteiger partial charge in [0.1, 0.15) is 19.2 Å². The molecule has 0 spiro atoms. The predicted molar refractivity (Wildman–Crippen MR) is 117 cm³/mol. The number of likely N-dealkylation sites (tertiary alicyclic amines) is 1. The molecule has 1 amide bonds. The van der Waals surface area contributed by atoms with Crippen molar-refractivity contribution in [1.82, 2.24) is 9.80 Å². The number of alkyl halides is 2. The molecule has 1 aliphatic heterocycles. The van der Waals surface area contributed by atoms with Crippen LogP contribution in [0.2, 0.25) is 0 Å². The third-order valence-electron chi connectivity index (χ3n) is 6.46. The van der Waals surface area contributed by atoms with Crippen molar-refractivity contribution in [3.05, 3.63) is 70.0 Å². The van der Waals surface area contributed by atoms with Gasteiger partial charge in [-0.15, -0.1) is 0 Å². The molecule has 0 radical (unpaired) electrons. The molecule has 2 aromatic carbocycles. The van der Waals surface area contributed by atoms with E-state index in [-0.39, 0.29) is 23.7 Å². The predicted octanol–water partition coefficient (Wildman–Crippen LogP) is 5.09. The number of carbonyl (C=O) groups is 1. The number of piperidine rings is 1. The molecule has 1 heterocycles. The van der Waals surface area contributed by atoms with Crippen LogP contribution in [0, 0.1) is 12.7 Å². The monoisotopic (exact) mass is 432 g/mol. The first-order chi connectivity index (χ1) is 14.8. The third kappa shape index (κ3) is 5.48. The lowest BCUT2D eigenvalue weighted by Gasteiger charge is -2.42. The third-order valence-corrected chi connectivity index (χ3v) is 6.46. The average Bonchev–Trinajstić information content (AvgIpc) is 2.75. The Bertz CT molecular complexity index is 901. The number of benzene rings is 2. The van der Waals surface area contributed by atoms with Crippen molar-refractivity contribution in [3.63, 3.8) is 0 Å². The molecule has 1 saturated heterocycles. The summed E-state index contributed by atoms with van der Waals surface area (Å²) in [6.45, 7) is 2.59. The molecule has 0 saturated carbocycles. The Morgan fingerprint density at radius 2 is 1.61 bits per heavy atom. The van der Waals surface area contributed by atoms with Crippen molar-refractivity contribution in [2.75, 3.05) is 27.2 Å². The normalized spacial score (nSPS) is 16.3. The van der Waals surface area contributed by atoms with Gasteiger partial charge in [0.15, 0.2) is 0 Å². The van der Waals surface area contributed by atoms with E-state index in [0.29, 0.717) is 23.1 Å². The Balaban J connectivity index is 1.82. The Labute approximate surface area is 182 Å². The van der Waals surface area contributed by atoms with Crippen molar-refractivity contribution in [2.45, 2.75) is 51.5 Å². The van der Waals surface area contributed by atoms with E-state index in [1.807, 2.05) is 13.0 Å². The van der Waals surface area contributed by atoms with Gasteiger partial charge in [0, 0.05) is 25.4 Å². The highest BCUT2D eigenvalue weighted by Crippen LogP contribution is 2.40. The van der Waals surface area contributed by atoms with Crippen molar-refractivity contribution in [2.24, 2.45) is 0 Å². The Kier molecular flexibility index (Phi) is 7.42. The Morgan fingerprint density at radius 3 is 2.16 bits per heavy atom. The van der Waals surface area contributed by atoms with Crippen molar-refractivity contribution < 1.29 is 18.0 Å². The summed E-state index contributed by atoms with van der Waals surface area (Å²) in [6, 6.07) is 9.69. The highest BCUT2D eigenvalue weighted by atomic mass is 19.1. The highest BCUT2D eigenvalue weighted by Gasteiger charge is 2.39. The maximum atomic E-state index is 13.7. The summed E-state index contributed by atoms with van der Waals surface area (Å²) in [7, 11) is 3.79. The van der Waals surface area contributed by atoms with Gasteiger partial charge in [0.05, 0.1) is 0 Å². The summed E-state index contributed by atoms with van der Waals surface area (Å²) in [4.78, 5) is 17.1. The molecule has 3 nitrogen and oxygen atoms in total. The first kappa shape index (κ1) is 23.3. The number of halogens is 3. The van der Waals surface area contributed by atoms with Crippen LogP contribution in [-0.4, -0.2) is 42.9 Å². The summed E-state index contributed by atoms with van der Waals surface area (Å²) in [5.41, 5.74) is 3.10. The lowest BCUT2D eigenvalue weighted by Crippen LogP contribution is -2.44. The fourth-order valence-electron chi connectivity index (χ4n) is 4.68. The highest BCUT2D eigenvalue weighted by molar-refractivity contribution is 5.78. The second-order valence-corrected chi connectivity index (χ2v) is 8.89. The van der Waals surface area contributed by atoms with Crippen molar-refractivity contribution >= 4 is 5.91 Å². The number of nitrogens with zero attached hydrogens (tertiary/aromatic N) is 2. The lowest BCUT2D eigenvalue weighted by atomic mass is 9.69. The van der Waals surface area contributed by atoms with Gasteiger partial charge in [0.25, 0.3) is 0 Å².